The Balaban J connectivity index is 0.00000450. The van der Waals surface area contributed by atoms with Gasteiger partial charge in [0.05, 0.1) is 19.3 Å². The number of amides is 1. The first kappa shape index (κ1) is 26.4. The van der Waals surface area contributed by atoms with Crippen LogP contribution in [0.4, 0.5) is 18.9 Å². The van der Waals surface area contributed by atoms with Crippen LogP contribution in [0.15, 0.2) is 23.2 Å². The summed E-state index contributed by atoms with van der Waals surface area (Å²) in [5, 5.41) is 6.56. The molecule has 0 aliphatic carbocycles. The molecule has 1 aliphatic rings. The number of rotatable bonds is 6. The smallest absolute Gasteiger partial charge is 0.406 e. The average molecular weight is 564 g/mol. The number of hydrogen-bond acceptors (Lipinski definition) is 4. The van der Waals surface area contributed by atoms with Gasteiger partial charge < -0.3 is 25.2 Å². The van der Waals surface area contributed by atoms with E-state index in [0.29, 0.717) is 22.4 Å². The molecule has 1 aromatic rings. The summed E-state index contributed by atoms with van der Waals surface area (Å²) in [5.74, 6) is 0.390. The predicted octanol–water partition coefficient (Wildman–Crippen LogP) is 2.73. The monoisotopic (exact) mass is 563 g/mol. The highest BCUT2D eigenvalue weighted by atomic mass is 127. The van der Waals surface area contributed by atoms with Gasteiger partial charge in [-0.15, -0.1) is 24.0 Å². The highest BCUT2D eigenvalue weighted by Gasteiger charge is 2.31. The third-order valence-corrected chi connectivity index (χ3v) is 4.72. The van der Waals surface area contributed by atoms with Crippen LogP contribution in [0.5, 0.6) is 5.75 Å². The van der Waals surface area contributed by atoms with Gasteiger partial charge in [0, 0.05) is 38.2 Å². The van der Waals surface area contributed by atoms with Crippen LogP contribution in [0, 0.1) is 0 Å². The molecule has 1 amide bonds. The Hall–Kier alpha value is -1.63. The SMILES string of the molecule is CN=C(NCC(=O)N(C)CC(F)(F)F)NC1CCN(c2cc(Cl)ccc2OC)C1.I. The first-order valence-corrected chi connectivity index (χ1v) is 9.37. The van der Waals surface area contributed by atoms with Crippen molar-refractivity contribution in [2.24, 2.45) is 4.99 Å². The molecule has 1 fully saturated rings. The van der Waals surface area contributed by atoms with Gasteiger partial charge in [-0.25, -0.2) is 0 Å². The number of guanidine groups is 1. The van der Waals surface area contributed by atoms with Gasteiger partial charge in [0.25, 0.3) is 0 Å². The molecule has 2 rings (SSSR count). The number of nitrogens with one attached hydrogen (secondary N) is 2. The predicted molar refractivity (Wildman–Crippen MR) is 122 cm³/mol. The van der Waals surface area contributed by atoms with Crippen LogP contribution < -0.4 is 20.3 Å². The lowest BCUT2D eigenvalue weighted by atomic mass is 10.2. The topological polar surface area (TPSA) is 69.2 Å². The van der Waals surface area contributed by atoms with Gasteiger partial charge in [0.15, 0.2) is 5.96 Å². The maximum atomic E-state index is 12.4. The zero-order valence-corrected chi connectivity index (χ0v) is 20.0. The van der Waals surface area contributed by atoms with Gasteiger partial charge in [-0.2, -0.15) is 13.2 Å². The van der Waals surface area contributed by atoms with Crippen LogP contribution in [0.1, 0.15) is 6.42 Å². The van der Waals surface area contributed by atoms with Crippen LogP contribution in [0.3, 0.4) is 0 Å². The Bertz CT molecular complexity index is 751. The number of hydrogen-bond donors (Lipinski definition) is 2. The fourth-order valence-electron chi connectivity index (χ4n) is 3.05. The number of nitrogens with zero attached hydrogens (tertiary/aromatic N) is 3. The molecule has 12 heteroatoms. The fourth-order valence-corrected chi connectivity index (χ4v) is 3.21. The number of methoxy groups -OCH3 is 1. The van der Waals surface area contributed by atoms with Crippen molar-refractivity contribution < 1.29 is 22.7 Å². The van der Waals surface area contributed by atoms with Crippen molar-refractivity contribution >= 4 is 53.1 Å². The van der Waals surface area contributed by atoms with E-state index >= 15 is 0 Å². The van der Waals surface area contributed by atoms with E-state index in [-0.39, 0.29) is 36.6 Å². The van der Waals surface area contributed by atoms with Crippen LogP contribution in [0.2, 0.25) is 5.02 Å². The minimum absolute atomic E-state index is 0. The van der Waals surface area contributed by atoms with E-state index in [4.69, 9.17) is 16.3 Å². The second kappa shape index (κ2) is 11.7. The zero-order chi connectivity index (χ0) is 21.6. The number of anilines is 1. The van der Waals surface area contributed by atoms with Gasteiger partial charge in [-0.05, 0) is 24.6 Å². The summed E-state index contributed by atoms with van der Waals surface area (Å²) in [4.78, 5) is 18.7. The molecule has 1 heterocycles. The highest BCUT2D eigenvalue weighted by Crippen LogP contribution is 2.33. The molecule has 1 unspecified atom stereocenters. The lowest BCUT2D eigenvalue weighted by Crippen LogP contribution is -2.48. The molecule has 170 valence electrons. The molecule has 30 heavy (non-hydrogen) atoms. The van der Waals surface area contributed by atoms with Crippen LogP contribution in [-0.2, 0) is 4.79 Å². The Morgan fingerprint density at radius 2 is 2.13 bits per heavy atom. The first-order chi connectivity index (χ1) is 13.6. The second-order valence-corrected chi connectivity index (χ2v) is 7.12. The summed E-state index contributed by atoms with van der Waals surface area (Å²) in [6, 6.07) is 5.44. The van der Waals surface area contributed by atoms with E-state index in [1.807, 2.05) is 12.1 Å². The quantitative estimate of drug-likeness (QED) is 0.317. The van der Waals surface area contributed by atoms with E-state index in [9.17, 15) is 18.0 Å². The lowest BCUT2D eigenvalue weighted by molar-refractivity contribution is -0.157. The lowest BCUT2D eigenvalue weighted by Gasteiger charge is -2.23. The molecule has 0 saturated carbocycles. The van der Waals surface area contributed by atoms with Crippen molar-refractivity contribution in [1.29, 1.82) is 0 Å². The summed E-state index contributed by atoms with van der Waals surface area (Å²) in [5.41, 5.74) is 0.885. The molecule has 0 aromatic heterocycles. The average Bonchev–Trinajstić information content (AvgIpc) is 3.11. The minimum atomic E-state index is -4.43. The number of likely N-dealkylation sites (N-methyl/N-ethyl adjacent to an activating group) is 1. The molecule has 2 N–H and O–H groups in total. The summed E-state index contributed by atoms with van der Waals surface area (Å²) in [6.45, 7) is -0.165. The number of carbonyl (C=O) groups excluding carboxylic acids is 1. The molecular formula is C18H26ClF3IN5O2. The minimum Gasteiger partial charge on any atom is -0.495 e. The molecule has 1 aliphatic heterocycles. The molecule has 7 nitrogen and oxygen atoms in total. The van der Waals surface area contributed by atoms with Crippen LogP contribution in [0.25, 0.3) is 0 Å². The largest absolute Gasteiger partial charge is 0.495 e. The van der Waals surface area contributed by atoms with Crippen LogP contribution in [-0.4, -0.2) is 76.4 Å². The zero-order valence-electron chi connectivity index (χ0n) is 16.9. The van der Waals surface area contributed by atoms with E-state index in [1.165, 1.54) is 7.05 Å². The summed E-state index contributed by atoms with van der Waals surface area (Å²) in [7, 11) is 4.24. The molecule has 1 aromatic carbocycles. The molecular weight excluding hydrogens is 538 g/mol. The normalized spacial score (nSPS) is 16.7. The van der Waals surface area contributed by atoms with Crippen molar-refractivity contribution in [3.8, 4) is 5.75 Å². The maximum absolute atomic E-state index is 12.4. The second-order valence-electron chi connectivity index (χ2n) is 6.68. The Kier molecular flexibility index (Phi) is 10.3. The maximum Gasteiger partial charge on any atom is 0.406 e. The van der Waals surface area contributed by atoms with E-state index in [1.54, 1.807) is 13.2 Å². The van der Waals surface area contributed by atoms with E-state index in [2.05, 4.69) is 20.5 Å². The number of carbonyl (C=O) groups is 1. The number of ether oxygens (including phenoxy) is 1. The Morgan fingerprint density at radius 3 is 2.73 bits per heavy atom. The third kappa shape index (κ3) is 7.89. The van der Waals surface area contributed by atoms with Gasteiger partial charge >= 0.3 is 6.18 Å². The van der Waals surface area contributed by atoms with Crippen LogP contribution >= 0.6 is 35.6 Å². The van der Waals surface area contributed by atoms with Crippen molar-refractivity contribution in [3.05, 3.63) is 23.2 Å². The molecule has 1 saturated heterocycles. The molecule has 0 radical (unpaired) electrons. The number of benzene rings is 1. The van der Waals surface area contributed by atoms with Gasteiger partial charge in [-0.1, -0.05) is 11.6 Å². The standard InChI is InChI=1S/C18H25ClF3N5O2.HI/c1-23-17(24-9-16(28)26(2)11-18(20,21)22)25-13-6-7-27(10-13)14-8-12(19)4-5-15(14)29-3;/h4-5,8,13H,6-7,9-11H2,1-3H3,(H2,23,24,25);1H. The van der Waals surface area contributed by atoms with Gasteiger partial charge in [0.2, 0.25) is 5.91 Å². The highest BCUT2D eigenvalue weighted by molar-refractivity contribution is 14.0. The molecule has 0 bridgehead atoms. The summed E-state index contributed by atoms with van der Waals surface area (Å²) in [6.07, 6.45) is -3.63. The van der Waals surface area contributed by atoms with Crippen molar-refractivity contribution in [3.63, 3.8) is 0 Å². The summed E-state index contributed by atoms with van der Waals surface area (Å²) >= 11 is 6.10. The summed E-state index contributed by atoms with van der Waals surface area (Å²) < 4.78 is 42.5. The van der Waals surface area contributed by atoms with Gasteiger partial charge in [0.1, 0.15) is 12.3 Å². The molecule has 0 spiro atoms. The van der Waals surface area contributed by atoms with E-state index in [0.717, 1.165) is 31.5 Å². The number of aliphatic imine (C=N–C) groups is 1. The Labute approximate surface area is 196 Å². The number of alkyl halides is 3. The van der Waals surface area contributed by atoms with Crippen molar-refractivity contribution in [2.75, 3.05) is 52.3 Å². The van der Waals surface area contributed by atoms with Crippen molar-refractivity contribution in [2.45, 2.75) is 18.6 Å². The fraction of sp³-hybridized carbons (Fsp3) is 0.556. The third-order valence-electron chi connectivity index (χ3n) is 4.48. The first-order valence-electron chi connectivity index (χ1n) is 8.99. The van der Waals surface area contributed by atoms with Crippen molar-refractivity contribution in [1.82, 2.24) is 15.5 Å². The number of halogens is 5. The Morgan fingerprint density at radius 1 is 1.43 bits per heavy atom. The molecule has 1 atom stereocenters. The van der Waals surface area contributed by atoms with Gasteiger partial charge in [-0.3, -0.25) is 9.79 Å². The van der Waals surface area contributed by atoms with E-state index < -0.39 is 18.6 Å².